The van der Waals surface area contributed by atoms with Gasteiger partial charge in [0.15, 0.2) is 0 Å². The fraction of sp³-hybridized carbons (Fsp3) is 0.600. The SMILES string of the molecule is COC(=O)c1cnc(NC(C)CN2CCCCC2)c([N+](=O)[O-])c1. The summed E-state index contributed by atoms with van der Waals surface area (Å²) in [5.41, 5.74) is -0.160. The summed E-state index contributed by atoms with van der Waals surface area (Å²) < 4.78 is 4.56. The Bertz CT molecular complexity index is 573. The standard InChI is InChI=1S/C15H22N4O4/c1-11(10-18-6-4-3-5-7-18)17-14-13(19(21)22)8-12(9-16-14)15(20)23-2/h8-9,11H,3-7,10H2,1-2H3,(H,16,17). The summed E-state index contributed by atoms with van der Waals surface area (Å²) in [6, 6.07) is 1.21. The molecular weight excluding hydrogens is 300 g/mol. The average Bonchev–Trinajstić information content (AvgIpc) is 2.55. The predicted molar refractivity (Wildman–Crippen MR) is 85.6 cm³/mol. The molecule has 8 heteroatoms. The van der Waals surface area contributed by atoms with Crippen LogP contribution in [0.1, 0.15) is 36.5 Å². The van der Waals surface area contributed by atoms with Crippen LogP contribution >= 0.6 is 0 Å². The molecule has 1 aliphatic rings. The van der Waals surface area contributed by atoms with Gasteiger partial charge in [-0.2, -0.15) is 0 Å². The highest BCUT2D eigenvalue weighted by molar-refractivity contribution is 5.90. The summed E-state index contributed by atoms with van der Waals surface area (Å²) in [4.78, 5) is 28.5. The second-order valence-corrected chi connectivity index (χ2v) is 5.75. The zero-order valence-electron chi connectivity index (χ0n) is 13.4. The van der Waals surface area contributed by atoms with Crippen molar-refractivity contribution in [3.8, 4) is 0 Å². The third kappa shape index (κ3) is 4.62. The minimum absolute atomic E-state index is 0.0169. The molecule has 0 aliphatic carbocycles. The molecular formula is C15H22N4O4. The molecule has 1 saturated heterocycles. The number of methoxy groups -OCH3 is 1. The quantitative estimate of drug-likeness (QED) is 0.486. The van der Waals surface area contributed by atoms with Gasteiger partial charge in [0.05, 0.1) is 17.6 Å². The Kier molecular flexibility index (Phi) is 5.86. The van der Waals surface area contributed by atoms with Crippen LogP contribution in [0.3, 0.4) is 0 Å². The van der Waals surface area contributed by atoms with E-state index in [-0.39, 0.29) is 23.1 Å². The highest BCUT2D eigenvalue weighted by atomic mass is 16.6. The van der Waals surface area contributed by atoms with Gasteiger partial charge in [0, 0.05) is 24.8 Å². The number of carbonyl (C=O) groups excluding carboxylic acids is 1. The van der Waals surface area contributed by atoms with Gasteiger partial charge in [0.2, 0.25) is 5.82 Å². The van der Waals surface area contributed by atoms with E-state index in [4.69, 9.17) is 0 Å². The Morgan fingerprint density at radius 3 is 2.78 bits per heavy atom. The summed E-state index contributed by atoms with van der Waals surface area (Å²) in [6.07, 6.45) is 4.94. The van der Waals surface area contributed by atoms with Crippen LogP contribution in [0.2, 0.25) is 0 Å². The molecule has 0 bridgehead atoms. The van der Waals surface area contributed by atoms with Crippen LogP contribution in [0.5, 0.6) is 0 Å². The fourth-order valence-electron chi connectivity index (χ4n) is 2.74. The molecule has 1 atom stereocenters. The van der Waals surface area contributed by atoms with Gasteiger partial charge in [-0.3, -0.25) is 10.1 Å². The van der Waals surface area contributed by atoms with E-state index < -0.39 is 10.9 Å². The molecule has 0 saturated carbocycles. The number of aromatic nitrogens is 1. The van der Waals surface area contributed by atoms with Crippen molar-refractivity contribution < 1.29 is 14.5 Å². The van der Waals surface area contributed by atoms with E-state index in [2.05, 4.69) is 19.9 Å². The molecule has 1 unspecified atom stereocenters. The predicted octanol–water partition coefficient (Wildman–Crippen LogP) is 2.06. The Morgan fingerprint density at radius 2 is 2.17 bits per heavy atom. The number of rotatable bonds is 6. The molecule has 23 heavy (non-hydrogen) atoms. The number of ether oxygens (including phenoxy) is 1. The highest BCUT2D eigenvalue weighted by Crippen LogP contribution is 2.24. The molecule has 1 fully saturated rings. The normalized spacial score (nSPS) is 16.6. The topological polar surface area (TPSA) is 97.6 Å². The van der Waals surface area contributed by atoms with Crippen LogP contribution in [-0.4, -0.2) is 53.6 Å². The minimum Gasteiger partial charge on any atom is -0.465 e. The summed E-state index contributed by atoms with van der Waals surface area (Å²) in [5, 5.41) is 14.3. The molecule has 1 N–H and O–H groups in total. The second-order valence-electron chi connectivity index (χ2n) is 5.75. The number of anilines is 1. The smallest absolute Gasteiger partial charge is 0.339 e. The lowest BCUT2D eigenvalue weighted by atomic mass is 10.1. The number of likely N-dealkylation sites (tertiary alicyclic amines) is 1. The third-order valence-electron chi connectivity index (χ3n) is 3.85. The van der Waals surface area contributed by atoms with Gasteiger partial charge in [-0.15, -0.1) is 0 Å². The maximum absolute atomic E-state index is 11.5. The number of carbonyl (C=O) groups is 1. The lowest BCUT2D eigenvalue weighted by Crippen LogP contribution is -2.38. The van der Waals surface area contributed by atoms with Crippen LogP contribution in [0.4, 0.5) is 11.5 Å². The zero-order valence-corrected chi connectivity index (χ0v) is 13.4. The lowest BCUT2D eigenvalue weighted by molar-refractivity contribution is -0.384. The van der Waals surface area contributed by atoms with Gasteiger partial charge in [-0.05, 0) is 32.9 Å². The summed E-state index contributed by atoms with van der Waals surface area (Å²) in [5.74, 6) is -0.472. The van der Waals surface area contributed by atoms with E-state index in [1.807, 2.05) is 6.92 Å². The highest BCUT2D eigenvalue weighted by Gasteiger charge is 2.21. The largest absolute Gasteiger partial charge is 0.465 e. The van der Waals surface area contributed by atoms with Crippen molar-refractivity contribution in [3.05, 3.63) is 27.9 Å². The van der Waals surface area contributed by atoms with Crippen molar-refractivity contribution >= 4 is 17.5 Å². The van der Waals surface area contributed by atoms with Crippen molar-refractivity contribution in [3.63, 3.8) is 0 Å². The molecule has 1 aromatic heterocycles. The minimum atomic E-state index is -0.645. The summed E-state index contributed by atoms with van der Waals surface area (Å²) in [7, 11) is 1.22. The maximum Gasteiger partial charge on any atom is 0.339 e. The average molecular weight is 322 g/mol. The monoisotopic (exact) mass is 322 g/mol. The summed E-state index contributed by atoms with van der Waals surface area (Å²) >= 11 is 0. The Morgan fingerprint density at radius 1 is 1.48 bits per heavy atom. The molecule has 0 amide bonds. The number of nitrogens with one attached hydrogen (secondary N) is 1. The molecule has 2 rings (SSSR count). The second kappa shape index (κ2) is 7.87. The Hall–Kier alpha value is -2.22. The van der Waals surface area contributed by atoms with Gasteiger partial charge >= 0.3 is 11.7 Å². The van der Waals surface area contributed by atoms with Gasteiger partial charge in [-0.1, -0.05) is 6.42 Å². The number of hydrogen-bond donors (Lipinski definition) is 1. The first kappa shape index (κ1) is 17.1. The lowest BCUT2D eigenvalue weighted by Gasteiger charge is -2.29. The first-order valence-electron chi connectivity index (χ1n) is 7.73. The van der Waals surface area contributed by atoms with E-state index in [0.29, 0.717) is 0 Å². The molecule has 126 valence electrons. The van der Waals surface area contributed by atoms with Crippen LogP contribution in [-0.2, 0) is 4.74 Å². The number of pyridine rings is 1. The zero-order chi connectivity index (χ0) is 16.8. The van der Waals surface area contributed by atoms with Crippen LogP contribution < -0.4 is 5.32 Å². The molecule has 0 spiro atoms. The number of nitro groups is 1. The van der Waals surface area contributed by atoms with Gasteiger partial charge < -0.3 is 15.0 Å². The van der Waals surface area contributed by atoms with Crippen LogP contribution in [0, 0.1) is 10.1 Å². The van der Waals surface area contributed by atoms with Crippen LogP contribution in [0.25, 0.3) is 0 Å². The molecule has 0 aromatic carbocycles. The third-order valence-corrected chi connectivity index (χ3v) is 3.85. The van der Waals surface area contributed by atoms with E-state index in [9.17, 15) is 14.9 Å². The first-order valence-corrected chi connectivity index (χ1v) is 7.73. The van der Waals surface area contributed by atoms with E-state index in [0.717, 1.165) is 19.6 Å². The van der Waals surface area contributed by atoms with Crippen molar-refractivity contribution in [2.24, 2.45) is 0 Å². The summed E-state index contributed by atoms with van der Waals surface area (Å²) in [6.45, 7) is 4.89. The maximum atomic E-state index is 11.5. The van der Waals surface area contributed by atoms with Crippen molar-refractivity contribution in [1.82, 2.24) is 9.88 Å². The number of piperidine rings is 1. The Balaban J connectivity index is 2.08. The van der Waals surface area contributed by atoms with Crippen molar-refractivity contribution in [1.29, 1.82) is 0 Å². The van der Waals surface area contributed by atoms with E-state index >= 15 is 0 Å². The molecule has 8 nitrogen and oxygen atoms in total. The van der Waals surface area contributed by atoms with Crippen molar-refractivity contribution in [2.45, 2.75) is 32.2 Å². The van der Waals surface area contributed by atoms with Crippen LogP contribution in [0.15, 0.2) is 12.3 Å². The van der Waals surface area contributed by atoms with E-state index in [1.54, 1.807) is 0 Å². The van der Waals surface area contributed by atoms with Gasteiger partial charge in [0.1, 0.15) is 0 Å². The van der Waals surface area contributed by atoms with Gasteiger partial charge in [-0.25, -0.2) is 9.78 Å². The first-order chi connectivity index (χ1) is 11.0. The fourth-order valence-corrected chi connectivity index (χ4v) is 2.74. The number of hydrogen-bond acceptors (Lipinski definition) is 7. The van der Waals surface area contributed by atoms with E-state index in [1.165, 1.54) is 38.6 Å². The van der Waals surface area contributed by atoms with Gasteiger partial charge in [0.25, 0.3) is 0 Å². The molecule has 1 aromatic rings. The Labute approximate surface area is 135 Å². The molecule has 1 aliphatic heterocycles. The number of nitrogens with zero attached hydrogens (tertiary/aromatic N) is 3. The number of esters is 1. The molecule has 2 heterocycles. The molecule has 0 radical (unpaired) electrons. The van der Waals surface area contributed by atoms with Crippen molar-refractivity contribution in [2.75, 3.05) is 32.1 Å².